The maximum absolute atomic E-state index is 12.3. The number of aromatic nitrogens is 2. The maximum Gasteiger partial charge on any atom is 0.224 e. The van der Waals surface area contributed by atoms with Crippen LogP contribution in [0.3, 0.4) is 0 Å². The zero-order valence-corrected chi connectivity index (χ0v) is 15.4. The summed E-state index contributed by atoms with van der Waals surface area (Å²) in [4.78, 5) is 14.8. The molecule has 1 aromatic rings. The number of nitrogens with one attached hydrogen (secondary N) is 1. The van der Waals surface area contributed by atoms with Gasteiger partial charge in [-0.1, -0.05) is 20.8 Å². The summed E-state index contributed by atoms with van der Waals surface area (Å²) in [6, 6.07) is 0.509. The van der Waals surface area contributed by atoms with Gasteiger partial charge in [0, 0.05) is 30.4 Å². The molecule has 1 aliphatic rings. The van der Waals surface area contributed by atoms with Gasteiger partial charge >= 0.3 is 0 Å². The summed E-state index contributed by atoms with van der Waals surface area (Å²) in [5.41, 5.74) is 3.19. The van der Waals surface area contributed by atoms with Gasteiger partial charge in [0.1, 0.15) is 0 Å². The van der Waals surface area contributed by atoms with Crippen LogP contribution >= 0.6 is 0 Å². The van der Waals surface area contributed by atoms with Crippen molar-refractivity contribution in [2.75, 3.05) is 19.6 Å². The monoisotopic (exact) mass is 320 g/mol. The highest BCUT2D eigenvalue weighted by Gasteiger charge is 2.23. The second-order valence-electron chi connectivity index (χ2n) is 7.13. The van der Waals surface area contributed by atoms with E-state index in [9.17, 15) is 4.79 Å². The van der Waals surface area contributed by atoms with Gasteiger partial charge in [-0.05, 0) is 45.7 Å². The van der Waals surface area contributed by atoms with Crippen molar-refractivity contribution in [2.24, 2.45) is 5.92 Å². The fraction of sp³-hybridized carbons (Fsp3) is 0.778. The largest absolute Gasteiger partial charge is 0.354 e. The molecule has 5 heteroatoms. The zero-order chi connectivity index (χ0) is 17.0. The molecule has 1 aromatic heterocycles. The Balaban J connectivity index is 1.91. The molecular weight excluding hydrogens is 288 g/mol. The van der Waals surface area contributed by atoms with Crippen molar-refractivity contribution in [3.63, 3.8) is 0 Å². The van der Waals surface area contributed by atoms with Crippen LogP contribution in [0.2, 0.25) is 0 Å². The fourth-order valence-electron chi connectivity index (χ4n) is 3.51. The number of carbonyl (C=O) groups excluding carboxylic acids is 1. The third kappa shape index (κ3) is 4.56. The van der Waals surface area contributed by atoms with Crippen molar-refractivity contribution in [2.45, 2.75) is 66.5 Å². The number of likely N-dealkylation sites (N-methyl/N-ethyl adjacent to an activating group) is 1. The molecule has 0 unspecified atom stereocenters. The van der Waals surface area contributed by atoms with E-state index in [4.69, 9.17) is 0 Å². The first-order valence-electron chi connectivity index (χ1n) is 8.96. The Morgan fingerprint density at radius 3 is 2.78 bits per heavy atom. The lowest BCUT2D eigenvalue weighted by molar-refractivity contribution is -0.120. The Labute approximate surface area is 140 Å². The third-order valence-corrected chi connectivity index (χ3v) is 4.85. The number of hydrogen-bond acceptors (Lipinski definition) is 3. The predicted octanol–water partition coefficient (Wildman–Crippen LogP) is 2.30. The Hall–Kier alpha value is -1.36. The number of nitrogens with zero attached hydrogens (tertiary/aromatic N) is 3. The van der Waals surface area contributed by atoms with Gasteiger partial charge in [-0.25, -0.2) is 0 Å². The van der Waals surface area contributed by atoms with Crippen molar-refractivity contribution >= 4 is 5.91 Å². The van der Waals surface area contributed by atoms with Crippen LogP contribution < -0.4 is 5.32 Å². The summed E-state index contributed by atoms with van der Waals surface area (Å²) in [6.07, 6.45) is 2.88. The van der Waals surface area contributed by atoms with E-state index in [2.05, 4.69) is 43.0 Å². The Bertz CT molecular complexity index is 535. The highest BCUT2D eigenvalue weighted by molar-refractivity contribution is 5.79. The standard InChI is InChI=1S/C18H32N4O/c1-6-21-9-7-8-16(21)11-19-18(23)10-17-14(4)20-22(15(17)5)12-13(2)3/h13,16H,6-12H2,1-5H3,(H,19,23)/t16-/m0/s1. The molecule has 130 valence electrons. The van der Waals surface area contributed by atoms with Gasteiger partial charge in [0.2, 0.25) is 5.91 Å². The number of rotatable bonds is 7. The van der Waals surface area contributed by atoms with Crippen LogP contribution in [0.5, 0.6) is 0 Å². The minimum absolute atomic E-state index is 0.114. The lowest BCUT2D eigenvalue weighted by atomic mass is 10.1. The van der Waals surface area contributed by atoms with Crippen LogP contribution in [-0.2, 0) is 17.8 Å². The van der Waals surface area contributed by atoms with E-state index >= 15 is 0 Å². The molecule has 0 spiro atoms. The molecule has 1 fully saturated rings. The lowest BCUT2D eigenvalue weighted by Crippen LogP contribution is -2.40. The minimum atomic E-state index is 0.114. The molecule has 0 aliphatic carbocycles. The highest BCUT2D eigenvalue weighted by Crippen LogP contribution is 2.17. The molecule has 0 saturated carbocycles. The van der Waals surface area contributed by atoms with E-state index in [1.807, 2.05) is 11.6 Å². The molecule has 1 saturated heterocycles. The molecule has 1 amide bonds. The predicted molar refractivity (Wildman–Crippen MR) is 93.5 cm³/mol. The number of likely N-dealkylation sites (tertiary alicyclic amines) is 1. The van der Waals surface area contributed by atoms with Crippen molar-refractivity contribution in [3.8, 4) is 0 Å². The van der Waals surface area contributed by atoms with Crippen molar-refractivity contribution in [1.82, 2.24) is 20.0 Å². The molecule has 2 rings (SSSR count). The summed E-state index contributed by atoms with van der Waals surface area (Å²) in [5.74, 6) is 0.667. The SMILES string of the molecule is CCN1CCC[C@H]1CNC(=O)Cc1c(C)nn(CC(C)C)c1C. The van der Waals surface area contributed by atoms with E-state index in [-0.39, 0.29) is 5.91 Å². The molecule has 0 bridgehead atoms. The van der Waals surface area contributed by atoms with Gasteiger partial charge in [-0.2, -0.15) is 5.10 Å². The molecule has 1 N–H and O–H groups in total. The van der Waals surface area contributed by atoms with Gasteiger partial charge in [0.15, 0.2) is 0 Å². The highest BCUT2D eigenvalue weighted by atomic mass is 16.1. The molecule has 2 heterocycles. The summed E-state index contributed by atoms with van der Waals surface area (Å²) in [5, 5.41) is 7.72. The van der Waals surface area contributed by atoms with Gasteiger partial charge in [-0.15, -0.1) is 0 Å². The normalized spacial score (nSPS) is 18.8. The van der Waals surface area contributed by atoms with Crippen LogP contribution in [0.1, 0.15) is 50.6 Å². The minimum Gasteiger partial charge on any atom is -0.354 e. The number of carbonyl (C=O) groups is 1. The summed E-state index contributed by atoms with van der Waals surface area (Å²) in [6.45, 7) is 14.5. The summed E-state index contributed by atoms with van der Waals surface area (Å²) < 4.78 is 2.04. The second kappa shape index (κ2) is 7.95. The van der Waals surface area contributed by atoms with Crippen LogP contribution in [-0.4, -0.2) is 46.3 Å². The topological polar surface area (TPSA) is 50.2 Å². The number of aryl methyl sites for hydroxylation is 1. The average Bonchev–Trinajstić information content (AvgIpc) is 3.04. The van der Waals surface area contributed by atoms with Gasteiger partial charge in [0.25, 0.3) is 0 Å². The molecule has 1 aliphatic heterocycles. The van der Waals surface area contributed by atoms with Crippen LogP contribution in [0, 0.1) is 19.8 Å². The Morgan fingerprint density at radius 2 is 2.13 bits per heavy atom. The molecule has 23 heavy (non-hydrogen) atoms. The quantitative estimate of drug-likeness (QED) is 0.839. The summed E-state index contributed by atoms with van der Waals surface area (Å²) in [7, 11) is 0. The first-order chi connectivity index (χ1) is 10.9. The van der Waals surface area contributed by atoms with Crippen LogP contribution in [0.25, 0.3) is 0 Å². The average molecular weight is 320 g/mol. The summed E-state index contributed by atoms with van der Waals surface area (Å²) >= 11 is 0. The van der Waals surface area contributed by atoms with Crippen LogP contribution in [0.4, 0.5) is 0 Å². The molecular formula is C18H32N4O. The Morgan fingerprint density at radius 1 is 1.39 bits per heavy atom. The van der Waals surface area contributed by atoms with E-state index in [0.717, 1.165) is 43.1 Å². The van der Waals surface area contributed by atoms with Gasteiger partial charge < -0.3 is 5.32 Å². The smallest absolute Gasteiger partial charge is 0.224 e. The fourth-order valence-corrected chi connectivity index (χ4v) is 3.51. The third-order valence-electron chi connectivity index (χ3n) is 4.85. The van der Waals surface area contributed by atoms with E-state index in [1.165, 1.54) is 12.8 Å². The lowest BCUT2D eigenvalue weighted by Gasteiger charge is -2.22. The maximum atomic E-state index is 12.3. The van der Waals surface area contributed by atoms with Crippen LogP contribution in [0.15, 0.2) is 0 Å². The Kier molecular flexibility index (Phi) is 6.22. The molecule has 1 atom stereocenters. The van der Waals surface area contributed by atoms with Crippen molar-refractivity contribution < 1.29 is 4.79 Å². The number of amides is 1. The first-order valence-corrected chi connectivity index (χ1v) is 8.96. The first kappa shape index (κ1) is 18.0. The molecule has 0 aromatic carbocycles. The van der Waals surface area contributed by atoms with Crippen molar-refractivity contribution in [1.29, 1.82) is 0 Å². The van der Waals surface area contributed by atoms with Gasteiger partial charge in [-0.3, -0.25) is 14.4 Å². The second-order valence-corrected chi connectivity index (χ2v) is 7.13. The van der Waals surface area contributed by atoms with Crippen molar-refractivity contribution in [3.05, 3.63) is 17.0 Å². The van der Waals surface area contributed by atoms with E-state index in [0.29, 0.717) is 18.4 Å². The van der Waals surface area contributed by atoms with E-state index < -0.39 is 0 Å². The zero-order valence-electron chi connectivity index (χ0n) is 15.4. The molecule has 5 nitrogen and oxygen atoms in total. The van der Waals surface area contributed by atoms with E-state index in [1.54, 1.807) is 0 Å². The molecule has 0 radical (unpaired) electrons. The number of hydrogen-bond donors (Lipinski definition) is 1. The van der Waals surface area contributed by atoms with Gasteiger partial charge in [0.05, 0.1) is 12.1 Å².